The molecule has 0 radical (unpaired) electrons. The Balaban J connectivity index is 1.78. The Hall–Kier alpha value is -8.34. The Morgan fingerprint density at radius 3 is 1.07 bits per heavy atom. The van der Waals surface area contributed by atoms with Crippen LogP contribution < -0.4 is 19.3 Å². The second kappa shape index (κ2) is 18.3. The number of anilines is 4. The van der Waals surface area contributed by atoms with Crippen molar-refractivity contribution in [2.75, 3.05) is 24.0 Å². The fraction of sp³-hybridized carbons (Fsp3) is 0.0417. The number of ether oxygens (including phenoxy) is 2. The average molecular weight is 765 g/mol. The molecule has 2 N–H and O–H groups in total. The van der Waals surface area contributed by atoms with Crippen molar-refractivity contribution in [3.8, 4) is 23.6 Å². The second-order valence-electron chi connectivity index (χ2n) is 12.6. The number of methoxy groups -OCH3 is 2. The molecule has 0 aliphatic carbocycles. The van der Waals surface area contributed by atoms with Gasteiger partial charge in [0.2, 0.25) is 0 Å². The van der Waals surface area contributed by atoms with Crippen molar-refractivity contribution in [2.24, 2.45) is 0 Å². The molecule has 6 rings (SSSR count). The summed E-state index contributed by atoms with van der Waals surface area (Å²) in [5.74, 6) is -1.33. The first-order chi connectivity index (χ1) is 28.2. The van der Waals surface area contributed by atoms with E-state index in [1.54, 1.807) is 50.6 Å². The van der Waals surface area contributed by atoms with Crippen LogP contribution in [0, 0.1) is 22.7 Å². The van der Waals surface area contributed by atoms with Gasteiger partial charge in [0.05, 0.1) is 25.6 Å². The van der Waals surface area contributed by atoms with Crippen LogP contribution in [-0.2, 0) is 9.59 Å². The number of hydrogen-bond donors (Lipinski definition) is 2. The Kier molecular flexibility index (Phi) is 12.4. The zero-order chi connectivity index (χ0) is 41.0. The third-order valence-corrected chi connectivity index (χ3v) is 9.05. The number of carboxylic acid groups (broad SMARTS) is 2. The lowest BCUT2D eigenvalue weighted by Gasteiger charge is -2.36. The van der Waals surface area contributed by atoms with E-state index in [9.17, 15) is 30.3 Å². The maximum absolute atomic E-state index is 11.7. The summed E-state index contributed by atoms with van der Waals surface area (Å²) in [4.78, 5) is 27.7. The number of nitriles is 2. The molecular formula is C48H36N4O6. The number of hydrogen-bond acceptors (Lipinski definition) is 8. The summed E-state index contributed by atoms with van der Waals surface area (Å²) < 4.78 is 11.1. The maximum atomic E-state index is 11.7. The van der Waals surface area contributed by atoms with Crippen molar-refractivity contribution in [1.82, 2.24) is 0 Å². The van der Waals surface area contributed by atoms with Gasteiger partial charge in [-0.25, -0.2) is 9.59 Å². The van der Waals surface area contributed by atoms with Crippen LogP contribution >= 0.6 is 0 Å². The van der Waals surface area contributed by atoms with Crippen molar-refractivity contribution in [3.63, 3.8) is 0 Å². The van der Waals surface area contributed by atoms with Gasteiger partial charge in [-0.2, -0.15) is 10.5 Å². The molecule has 0 heterocycles. The minimum absolute atomic E-state index is 0.403. The zero-order valence-corrected chi connectivity index (χ0v) is 31.5. The molecule has 0 unspecified atom stereocenters. The van der Waals surface area contributed by atoms with E-state index in [0.29, 0.717) is 34.0 Å². The Morgan fingerprint density at radius 1 is 0.483 bits per heavy atom. The lowest BCUT2D eigenvalue weighted by Crippen LogP contribution is -2.24. The largest absolute Gasteiger partial charge is 0.497 e. The van der Waals surface area contributed by atoms with Gasteiger partial charge in [0, 0.05) is 33.9 Å². The van der Waals surface area contributed by atoms with Crippen LogP contribution in [0.4, 0.5) is 22.7 Å². The highest BCUT2D eigenvalue weighted by atomic mass is 16.5. The lowest BCUT2D eigenvalue weighted by atomic mass is 9.97. The quantitative estimate of drug-likeness (QED) is 0.0624. The molecule has 6 aromatic rings. The fourth-order valence-electron chi connectivity index (χ4n) is 6.27. The number of rotatable bonds is 14. The van der Waals surface area contributed by atoms with Gasteiger partial charge in [-0.3, -0.25) is 0 Å². The highest BCUT2D eigenvalue weighted by molar-refractivity contribution is 6.08. The summed E-state index contributed by atoms with van der Waals surface area (Å²) in [5.41, 5.74) is 6.22. The van der Waals surface area contributed by atoms with Gasteiger partial charge >= 0.3 is 11.9 Å². The maximum Gasteiger partial charge on any atom is 0.346 e. The fourth-order valence-corrected chi connectivity index (χ4v) is 6.27. The number of nitrogens with zero attached hydrogens (tertiary/aromatic N) is 4. The van der Waals surface area contributed by atoms with Gasteiger partial charge in [0.1, 0.15) is 34.8 Å². The lowest BCUT2D eigenvalue weighted by molar-refractivity contribution is -0.133. The van der Waals surface area contributed by atoms with E-state index in [1.807, 2.05) is 133 Å². The van der Waals surface area contributed by atoms with Crippen LogP contribution in [0.2, 0.25) is 0 Å². The summed E-state index contributed by atoms with van der Waals surface area (Å²) in [5, 5.41) is 38.2. The van der Waals surface area contributed by atoms with Crippen LogP contribution in [0.1, 0.15) is 22.3 Å². The van der Waals surface area contributed by atoms with Gasteiger partial charge < -0.3 is 29.5 Å². The van der Waals surface area contributed by atoms with E-state index in [2.05, 4.69) is 9.80 Å². The summed E-state index contributed by atoms with van der Waals surface area (Å²) >= 11 is 0. The van der Waals surface area contributed by atoms with Crippen LogP contribution in [0.5, 0.6) is 11.5 Å². The minimum atomic E-state index is -1.33. The predicted molar refractivity (Wildman–Crippen MR) is 225 cm³/mol. The smallest absolute Gasteiger partial charge is 0.346 e. The topological polar surface area (TPSA) is 147 Å². The summed E-state index contributed by atoms with van der Waals surface area (Å²) in [6.45, 7) is 0. The van der Waals surface area contributed by atoms with E-state index in [4.69, 9.17) is 9.47 Å². The van der Waals surface area contributed by atoms with Crippen LogP contribution in [0.15, 0.2) is 169 Å². The van der Waals surface area contributed by atoms with Crippen molar-refractivity contribution in [3.05, 3.63) is 191 Å². The molecule has 0 fully saturated rings. The van der Waals surface area contributed by atoms with Gasteiger partial charge in [-0.1, -0.05) is 84.9 Å². The molecule has 0 spiro atoms. The number of carboxylic acids is 2. The van der Waals surface area contributed by atoms with Crippen molar-refractivity contribution in [2.45, 2.75) is 0 Å². The number of carbonyl (C=O) groups is 2. The van der Waals surface area contributed by atoms with Crippen LogP contribution in [0.25, 0.3) is 23.5 Å². The van der Waals surface area contributed by atoms with E-state index < -0.39 is 23.1 Å². The summed E-state index contributed by atoms with van der Waals surface area (Å²) in [7, 11) is 3.21. The highest BCUT2D eigenvalue weighted by Gasteiger charge is 2.28. The number of para-hydroxylation sites is 2. The van der Waals surface area contributed by atoms with Crippen molar-refractivity contribution in [1.29, 1.82) is 10.5 Å². The standard InChI is InChI=1S/C48H36N4O6/c1-57-43-25-21-41(22-26-43)51(39-9-5-3-6-10-39)45(35-17-13-33(14-18-35)29-37(31-49)47(53)54)46(36-19-15-34(16-20-36)30-38(32-50)48(55)56)52(40-11-7-4-8-12-40)42-23-27-44(58-2)28-24-42/h3-30H,1-2H3,(H,53,54)(H,55,56)/b37-29-,38-30-,46-45+. The van der Waals surface area contributed by atoms with Gasteiger partial charge in [0.15, 0.2) is 0 Å². The third kappa shape index (κ3) is 8.95. The van der Waals surface area contributed by atoms with E-state index in [1.165, 1.54) is 12.2 Å². The van der Waals surface area contributed by atoms with Crippen LogP contribution in [0.3, 0.4) is 0 Å². The second-order valence-corrected chi connectivity index (χ2v) is 12.6. The molecule has 6 aromatic carbocycles. The van der Waals surface area contributed by atoms with E-state index in [0.717, 1.165) is 33.9 Å². The third-order valence-electron chi connectivity index (χ3n) is 9.05. The SMILES string of the molecule is COc1ccc(N(/C(=C(\c2ccc(/C=C(/C#N)C(=O)O)cc2)N(c2ccccc2)c2ccc(OC)cc2)c2ccc(/C=C(/C#N)C(=O)O)cc2)c2ccccc2)cc1. The van der Waals surface area contributed by atoms with Crippen molar-refractivity contribution < 1.29 is 29.3 Å². The molecular weight excluding hydrogens is 729 g/mol. The molecule has 284 valence electrons. The zero-order valence-electron chi connectivity index (χ0n) is 31.5. The number of benzene rings is 6. The van der Waals surface area contributed by atoms with Crippen LogP contribution in [-0.4, -0.2) is 36.4 Å². The summed E-state index contributed by atoms with van der Waals surface area (Å²) in [6.07, 6.45) is 2.64. The first kappa shape index (κ1) is 39.4. The first-order valence-corrected chi connectivity index (χ1v) is 17.9. The molecule has 10 nitrogen and oxygen atoms in total. The first-order valence-electron chi connectivity index (χ1n) is 17.9. The van der Waals surface area contributed by atoms with Crippen molar-refractivity contribution >= 4 is 58.2 Å². The number of aliphatic carboxylic acids is 2. The summed E-state index contributed by atoms with van der Waals surface area (Å²) in [6, 6.07) is 53.0. The predicted octanol–water partition coefficient (Wildman–Crippen LogP) is 10.2. The molecule has 0 saturated carbocycles. The molecule has 0 saturated heterocycles. The monoisotopic (exact) mass is 764 g/mol. The molecule has 0 atom stereocenters. The van der Waals surface area contributed by atoms with E-state index >= 15 is 0 Å². The molecule has 10 heteroatoms. The van der Waals surface area contributed by atoms with Gasteiger partial charge in [0.25, 0.3) is 0 Å². The Morgan fingerprint density at radius 2 is 0.793 bits per heavy atom. The van der Waals surface area contributed by atoms with Gasteiger partial charge in [-0.15, -0.1) is 0 Å². The normalized spacial score (nSPS) is 11.7. The minimum Gasteiger partial charge on any atom is -0.497 e. The average Bonchev–Trinajstić information content (AvgIpc) is 3.27. The molecule has 0 aliphatic rings. The Bertz CT molecular complexity index is 2390. The van der Waals surface area contributed by atoms with E-state index in [-0.39, 0.29) is 0 Å². The van der Waals surface area contributed by atoms with Gasteiger partial charge in [-0.05, 0) is 96.1 Å². The molecule has 0 aliphatic heterocycles. The highest BCUT2D eigenvalue weighted by Crippen LogP contribution is 2.45. The molecule has 58 heavy (non-hydrogen) atoms. The molecule has 0 bridgehead atoms. The molecule has 0 amide bonds. The molecule has 0 aromatic heterocycles. The Labute approximate surface area is 335 Å².